The van der Waals surface area contributed by atoms with Crippen molar-refractivity contribution >= 4 is 50.3 Å². The maximum absolute atomic E-state index is 10.8. The molecule has 4 heteroatoms. The van der Waals surface area contributed by atoms with E-state index in [0.29, 0.717) is 0 Å². The first-order valence-electron chi connectivity index (χ1n) is 3.96. The SMILES string of the molecule is COc1csc2c(C=O)ccc(I)c12. The molecule has 0 bridgehead atoms. The Morgan fingerprint density at radius 2 is 2.29 bits per heavy atom. The van der Waals surface area contributed by atoms with Gasteiger partial charge in [-0.25, -0.2) is 0 Å². The molecular weight excluding hydrogens is 311 g/mol. The number of thiophene rings is 1. The van der Waals surface area contributed by atoms with Gasteiger partial charge in [-0.2, -0.15) is 0 Å². The second-order valence-corrected chi connectivity index (χ2v) is 4.80. The topological polar surface area (TPSA) is 26.3 Å². The zero-order valence-corrected chi connectivity index (χ0v) is 10.4. The van der Waals surface area contributed by atoms with Gasteiger partial charge >= 0.3 is 0 Å². The Labute approximate surface area is 99.0 Å². The fraction of sp³-hybridized carbons (Fsp3) is 0.100. The van der Waals surface area contributed by atoms with Gasteiger partial charge in [0.15, 0.2) is 6.29 Å². The number of rotatable bonds is 2. The van der Waals surface area contributed by atoms with Crippen LogP contribution in [0, 0.1) is 3.57 Å². The van der Waals surface area contributed by atoms with Crippen molar-refractivity contribution in [2.45, 2.75) is 0 Å². The summed E-state index contributed by atoms with van der Waals surface area (Å²) < 4.78 is 7.35. The zero-order valence-electron chi connectivity index (χ0n) is 7.41. The molecule has 72 valence electrons. The number of halogens is 1. The molecule has 0 saturated heterocycles. The second-order valence-electron chi connectivity index (χ2n) is 2.76. The van der Waals surface area contributed by atoms with Crippen LogP contribution in [-0.2, 0) is 0 Å². The van der Waals surface area contributed by atoms with E-state index < -0.39 is 0 Å². The van der Waals surface area contributed by atoms with Crippen LogP contribution in [0.3, 0.4) is 0 Å². The minimum Gasteiger partial charge on any atom is -0.495 e. The van der Waals surface area contributed by atoms with Gasteiger partial charge in [-0.15, -0.1) is 11.3 Å². The van der Waals surface area contributed by atoms with Crippen LogP contribution in [0.2, 0.25) is 0 Å². The molecule has 1 heterocycles. The highest BCUT2D eigenvalue weighted by molar-refractivity contribution is 14.1. The molecule has 0 aliphatic carbocycles. The number of benzene rings is 1. The predicted molar refractivity (Wildman–Crippen MR) is 66.5 cm³/mol. The number of carbonyl (C=O) groups is 1. The largest absolute Gasteiger partial charge is 0.495 e. The van der Waals surface area contributed by atoms with E-state index in [9.17, 15) is 4.79 Å². The molecule has 1 aromatic heterocycles. The Bertz CT molecular complexity index is 490. The fourth-order valence-corrected chi connectivity index (χ4v) is 3.26. The summed E-state index contributed by atoms with van der Waals surface area (Å²) >= 11 is 3.79. The van der Waals surface area contributed by atoms with Gasteiger partial charge in [0, 0.05) is 24.6 Å². The highest BCUT2D eigenvalue weighted by Gasteiger charge is 2.10. The third-order valence-electron chi connectivity index (χ3n) is 2.01. The Kier molecular flexibility index (Phi) is 2.73. The number of aldehydes is 1. The van der Waals surface area contributed by atoms with Crippen molar-refractivity contribution in [3.63, 3.8) is 0 Å². The summed E-state index contributed by atoms with van der Waals surface area (Å²) in [7, 11) is 1.64. The molecule has 0 atom stereocenters. The summed E-state index contributed by atoms with van der Waals surface area (Å²) in [6.07, 6.45) is 0.883. The van der Waals surface area contributed by atoms with Crippen molar-refractivity contribution in [3.05, 3.63) is 26.6 Å². The average molecular weight is 318 g/mol. The Balaban J connectivity index is 2.86. The maximum Gasteiger partial charge on any atom is 0.151 e. The van der Waals surface area contributed by atoms with Crippen molar-refractivity contribution < 1.29 is 9.53 Å². The summed E-state index contributed by atoms with van der Waals surface area (Å²) in [5, 5.41) is 2.97. The molecule has 0 unspecified atom stereocenters. The highest BCUT2D eigenvalue weighted by atomic mass is 127. The smallest absolute Gasteiger partial charge is 0.151 e. The van der Waals surface area contributed by atoms with Gasteiger partial charge in [-0.3, -0.25) is 4.79 Å². The minimum atomic E-state index is 0.730. The summed E-state index contributed by atoms with van der Waals surface area (Å²) in [6, 6.07) is 3.77. The molecule has 0 radical (unpaired) electrons. The summed E-state index contributed by atoms with van der Waals surface area (Å²) in [5.41, 5.74) is 0.730. The number of carbonyl (C=O) groups excluding carboxylic acids is 1. The Hall–Kier alpha value is -0.620. The molecule has 0 fully saturated rings. The average Bonchev–Trinajstić information content (AvgIpc) is 2.63. The van der Waals surface area contributed by atoms with Crippen molar-refractivity contribution in [3.8, 4) is 5.75 Å². The Morgan fingerprint density at radius 3 is 2.93 bits per heavy atom. The molecular formula is C10H7IO2S. The monoisotopic (exact) mass is 318 g/mol. The number of hydrogen-bond donors (Lipinski definition) is 0. The molecule has 0 N–H and O–H groups in total. The number of ether oxygens (including phenoxy) is 1. The fourth-order valence-electron chi connectivity index (χ4n) is 1.35. The molecule has 2 nitrogen and oxygen atoms in total. The van der Waals surface area contributed by atoms with Crippen molar-refractivity contribution in [1.82, 2.24) is 0 Å². The first kappa shape index (κ1) is 9.92. The van der Waals surface area contributed by atoms with Crippen LogP contribution in [0.25, 0.3) is 10.1 Å². The first-order valence-corrected chi connectivity index (χ1v) is 5.92. The third kappa shape index (κ3) is 1.42. The summed E-state index contributed by atoms with van der Waals surface area (Å²) in [4.78, 5) is 10.8. The molecule has 0 spiro atoms. The molecule has 2 aromatic rings. The van der Waals surface area contributed by atoms with Crippen LogP contribution in [0.15, 0.2) is 17.5 Å². The molecule has 2 rings (SSSR count). The van der Waals surface area contributed by atoms with Gasteiger partial charge in [0.2, 0.25) is 0 Å². The van der Waals surface area contributed by atoms with Gasteiger partial charge in [-0.05, 0) is 34.7 Å². The van der Waals surface area contributed by atoms with Crippen LogP contribution < -0.4 is 4.74 Å². The Morgan fingerprint density at radius 1 is 1.50 bits per heavy atom. The standard InChI is InChI=1S/C10H7IO2S/c1-13-8-5-14-10-6(4-12)2-3-7(11)9(8)10/h2-5H,1H3. The van der Waals surface area contributed by atoms with Crippen LogP contribution in [0.1, 0.15) is 10.4 Å². The molecule has 0 aliphatic rings. The van der Waals surface area contributed by atoms with E-state index >= 15 is 0 Å². The second kappa shape index (κ2) is 3.86. The number of methoxy groups -OCH3 is 1. The lowest BCUT2D eigenvalue weighted by Gasteiger charge is -2.00. The van der Waals surface area contributed by atoms with Crippen LogP contribution in [0.4, 0.5) is 0 Å². The van der Waals surface area contributed by atoms with Gasteiger partial charge in [-0.1, -0.05) is 0 Å². The molecule has 0 amide bonds. The molecule has 1 aromatic carbocycles. The summed E-state index contributed by atoms with van der Waals surface area (Å²) in [5.74, 6) is 0.845. The zero-order chi connectivity index (χ0) is 10.1. The highest BCUT2D eigenvalue weighted by Crippen LogP contribution is 2.36. The van der Waals surface area contributed by atoms with Gasteiger partial charge in [0.05, 0.1) is 7.11 Å². The van der Waals surface area contributed by atoms with Gasteiger partial charge < -0.3 is 4.74 Å². The van der Waals surface area contributed by atoms with Crippen LogP contribution >= 0.6 is 33.9 Å². The molecule has 14 heavy (non-hydrogen) atoms. The van der Waals surface area contributed by atoms with E-state index in [-0.39, 0.29) is 0 Å². The summed E-state index contributed by atoms with van der Waals surface area (Å²) in [6.45, 7) is 0. The van der Waals surface area contributed by atoms with Crippen LogP contribution in [-0.4, -0.2) is 13.4 Å². The van der Waals surface area contributed by atoms with Crippen molar-refractivity contribution in [1.29, 1.82) is 0 Å². The van der Waals surface area contributed by atoms with E-state index in [0.717, 1.165) is 31.3 Å². The van der Waals surface area contributed by atoms with E-state index in [2.05, 4.69) is 22.6 Å². The minimum absolute atomic E-state index is 0.730. The first-order chi connectivity index (χ1) is 6.77. The van der Waals surface area contributed by atoms with Crippen molar-refractivity contribution in [2.24, 2.45) is 0 Å². The number of hydrogen-bond acceptors (Lipinski definition) is 3. The lowest BCUT2D eigenvalue weighted by molar-refractivity contribution is 0.112. The molecule has 0 saturated carbocycles. The van der Waals surface area contributed by atoms with E-state index in [1.807, 2.05) is 17.5 Å². The van der Waals surface area contributed by atoms with Crippen molar-refractivity contribution in [2.75, 3.05) is 7.11 Å². The quantitative estimate of drug-likeness (QED) is 0.627. The van der Waals surface area contributed by atoms with Gasteiger partial charge in [0.25, 0.3) is 0 Å². The normalized spacial score (nSPS) is 10.4. The third-order valence-corrected chi connectivity index (χ3v) is 3.92. The van der Waals surface area contributed by atoms with Crippen LogP contribution in [0.5, 0.6) is 5.75 Å². The lowest BCUT2D eigenvalue weighted by atomic mass is 10.2. The molecule has 0 aliphatic heterocycles. The van der Waals surface area contributed by atoms with Gasteiger partial charge in [0.1, 0.15) is 5.75 Å². The number of fused-ring (bicyclic) bond motifs is 1. The lowest BCUT2D eigenvalue weighted by Crippen LogP contribution is -1.85. The van der Waals surface area contributed by atoms with E-state index in [1.165, 1.54) is 0 Å². The predicted octanol–water partition coefficient (Wildman–Crippen LogP) is 3.33. The van der Waals surface area contributed by atoms with E-state index in [4.69, 9.17) is 4.74 Å². The maximum atomic E-state index is 10.8. The van der Waals surface area contributed by atoms with E-state index in [1.54, 1.807) is 18.4 Å².